The highest BCUT2D eigenvalue weighted by molar-refractivity contribution is 5.79. The fourth-order valence-corrected chi connectivity index (χ4v) is 4.37. The topological polar surface area (TPSA) is 33.5 Å². The van der Waals surface area contributed by atoms with Gasteiger partial charge in [-0.25, -0.2) is 13.8 Å². The van der Waals surface area contributed by atoms with Gasteiger partial charge in [0.15, 0.2) is 0 Å². The number of nitrogens with zero attached hydrogens (tertiary/aromatic N) is 4. The number of hydrogen-bond donors (Lipinski definition) is 0. The number of para-hydroxylation sites is 2. The molecule has 0 amide bonds. The number of fused-ring (bicyclic) bond motifs is 1. The maximum absolute atomic E-state index is 13.4. The highest BCUT2D eigenvalue weighted by Gasteiger charge is 2.22. The summed E-state index contributed by atoms with van der Waals surface area (Å²) >= 11 is 0. The van der Waals surface area contributed by atoms with E-state index < -0.39 is 0 Å². The highest BCUT2D eigenvalue weighted by Crippen LogP contribution is 2.25. The molecule has 5 nitrogen and oxygen atoms in total. The number of piperazine rings is 1. The molecule has 1 aliphatic heterocycles. The molecule has 0 unspecified atom stereocenters. The molecule has 5 rings (SSSR count). The van der Waals surface area contributed by atoms with Crippen molar-refractivity contribution in [3.8, 4) is 0 Å². The lowest BCUT2D eigenvalue weighted by Gasteiger charge is -2.35. The van der Waals surface area contributed by atoms with Gasteiger partial charge in [0.2, 0.25) is 5.95 Å². The Labute approximate surface area is 198 Å². The van der Waals surface area contributed by atoms with Crippen LogP contribution in [0.5, 0.6) is 0 Å². The van der Waals surface area contributed by atoms with E-state index in [-0.39, 0.29) is 11.6 Å². The summed E-state index contributed by atoms with van der Waals surface area (Å²) in [6.07, 6.45) is 0. The second kappa shape index (κ2) is 10.3. The monoisotopic (exact) mass is 462 g/mol. The molecule has 0 bridgehead atoms. The zero-order valence-corrected chi connectivity index (χ0v) is 19.0. The maximum atomic E-state index is 13.4. The van der Waals surface area contributed by atoms with Crippen LogP contribution in [-0.4, -0.2) is 53.8 Å². The van der Waals surface area contributed by atoms with E-state index in [2.05, 4.69) is 20.4 Å². The number of imidazole rings is 1. The standard InChI is InChI=1S/C27H28F2N4O/c28-23-9-5-21(6-10-23)19-33-26-4-2-1-3-25(26)30-27(33)32-15-13-31(14-16-32)17-18-34-20-22-7-11-24(29)12-8-22/h1-12H,13-20H2. The third-order valence-corrected chi connectivity index (χ3v) is 6.28. The van der Waals surface area contributed by atoms with Crippen molar-refractivity contribution in [3.05, 3.63) is 95.6 Å². The molecule has 3 aromatic carbocycles. The van der Waals surface area contributed by atoms with E-state index >= 15 is 0 Å². The molecule has 7 heteroatoms. The summed E-state index contributed by atoms with van der Waals surface area (Å²) in [5.41, 5.74) is 4.07. The molecule has 34 heavy (non-hydrogen) atoms. The minimum atomic E-state index is -0.229. The zero-order valence-electron chi connectivity index (χ0n) is 19.0. The first-order valence-corrected chi connectivity index (χ1v) is 11.6. The highest BCUT2D eigenvalue weighted by atomic mass is 19.1. The van der Waals surface area contributed by atoms with Gasteiger partial charge in [-0.15, -0.1) is 0 Å². The first-order chi connectivity index (χ1) is 16.7. The van der Waals surface area contributed by atoms with Gasteiger partial charge in [0.25, 0.3) is 0 Å². The van der Waals surface area contributed by atoms with Gasteiger partial charge in [-0.1, -0.05) is 36.4 Å². The molecular formula is C27H28F2N4O. The quantitative estimate of drug-likeness (QED) is 0.356. The summed E-state index contributed by atoms with van der Waals surface area (Å²) in [4.78, 5) is 9.66. The third-order valence-electron chi connectivity index (χ3n) is 6.28. The molecule has 1 saturated heterocycles. The van der Waals surface area contributed by atoms with Crippen molar-refractivity contribution in [3.63, 3.8) is 0 Å². The van der Waals surface area contributed by atoms with E-state index in [1.54, 1.807) is 12.1 Å². The lowest BCUT2D eigenvalue weighted by Crippen LogP contribution is -2.48. The summed E-state index contributed by atoms with van der Waals surface area (Å²) < 4.78 is 34.4. The van der Waals surface area contributed by atoms with Crippen LogP contribution in [0.3, 0.4) is 0 Å². The van der Waals surface area contributed by atoms with Gasteiger partial charge in [-0.3, -0.25) is 4.90 Å². The molecule has 0 N–H and O–H groups in total. The molecule has 0 spiro atoms. The Balaban J connectivity index is 1.19. The predicted molar refractivity (Wildman–Crippen MR) is 130 cm³/mol. The average Bonchev–Trinajstić information content (AvgIpc) is 3.23. The maximum Gasteiger partial charge on any atom is 0.206 e. The summed E-state index contributed by atoms with van der Waals surface area (Å²) in [7, 11) is 0. The normalized spacial score (nSPS) is 14.7. The van der Waals surface area contributed by atoms with Gasteiger partial charge in [0.05, 0.1) is 30.8 Å². The minimum absolute atomic E-state index is 0.225. The van der Waals surface area contributed by atoms with Crippen molar-refractivity contribution < 1.29 is 13.5 Å². The number of ether oxygens (including phenoxy) is 1. The fourth-order valence-electron chi connectivity index (χ4n) is 4.37. The van der Waals surface area contributed by atoms with E-state index in [1.807, 2.05) is 30.3 Å². The van der Waals surface area contributed by atoms with Crippen molar-refractivity contribution in [1.82, 2.24) is 14.5 Å². The smallest absolute Gasteiger partial charge is 0.206 e. The Morgan fingerprint density at radius 3 is 2.12 bits per heavy atom. The summed E-state index contributed by atoms with van der Waals surface area (Å²) in [6.45, 7) is 6.26. The predicted octanol–water partition coefficient (Wildman–Crippen LogP) is 4.70. The van der Waals surface area contributed by atoms with Crippen LogP contribution >= 0.6 is 0 Å². The number of benzene rings is 3. The second-order valence-electron chi connectivity index (χ2n) is 8.62. The molecule has 0 saturated carbocycles. The van der Waals surface area contributed by atoms with Crippen LogP contribution in [0.15, 0.2) is 72.8 Å². The van der Waals surface area contributed by atoms with Crippen LogP contribution in [0.25, 0.3) is 11.0 Å². The molecule has 4 aromatic rings. The summed E-state index contributed by atoms with van der Waals surface area (Å²) in [5, 5.41) is 0. The number of anilines is 1. The van der Waals surface area contributed by atoms with Crippen molar-refractivity contribution in [2.24, 2.45) is 0 Å². The van der Waals surface area contributed by atoms with Crippen molar-refractivity contribution in [2.45, 2.75) is 13.2 Å². The van der Waals surface area contributed by atoms with E-state index in [0.29, 0.717) is 19.8 Å². The van der Waals surface area contributed by atoms with E-state index in [1.165, 1.54) is 24.3 Å². The minimum Gasteiger partial charge on any atom is -0.375 e. The Morgan fingerprint density at radius 1 is 0.765 bits per heavy atom. The SMILES string of the molecule is Fc1ccc(COCCN2CCN(c3nc4ccccc4n3Cc3ccc(F)cc3)CC2)cc1. The first-order valence-electron chi connectivity index (χ1n) is 11.6. The second-order valence-corrected chi connectivity index (χ2v) is 8.62. The molecule has 2 heterocycles. The molecule has 0 radical (unpaired) electrons. The zero-order chi connectivity index (χ0) is 23.3. The Bertz CT molecular complexity index is 1220. The largest absolute Gasteiger partial charge is 0.375 e. The molecule has 0 atom stereocenters. The van der Waals surface area contributed by atoms with E-state index in [0.717, 1.165) is 60.8 Å². The van der Waals surface area contributed by atoms with Crippen LogP contribution < -0.4 is 4.90 Å². The van der Waals surface area contributed by atoms with Crippen LogP contribution in [0.2, 0.25) is 0 Å². The summed E-state index contributed by atoms with van der Waals surface area (Å²) in [5.74, 6) is 0.503. The number of halogens is 2. The van der Waals surface area contributed by atoms with Crippen LogP contribution in [0.4, 0.5) is 14.7 Å². The average molecular weight is 463 g/mol. The van der Waals surface area contributed by atoms with Gasteiger partial charge in [-0.2, -0.15) is 0 Å². The first kappa shape index (κ1) is 22.5. The van der Waals surface area contributed by atoms with Crippen molar-refractivity contribution >= 4 is 17.0 Å². The van der Waals surface area contributed by atoms with E-state index in [4.69, 9.17) is 9.72 Å². The molecular weight excluding hydrogens is 434 g/mol. The molecule has 1 aromatic heterocycles. The number of hydrogen-bond acceptors (Lipinski definition) is 4. The van der Waals surface area contributed by atoms with Gasteiger partial charge in [-0.05, 0) is 47.5 Å². The Hall–Kier alpha value is -3.29. The van der Waals surface area contributed by atoms with Gasteiger partial charge in [0.1, 0.15) is 11.6 Å². The van der Waals surface area contributed by atoms with Gasteiger partial charge < -0.3 is 14.2 Å². The van der Waals surface area contributed by atoms with Gasteiger partial charge >= 0.3 is 0 Å². The van der Waals surface area contributed by atoms with Crippen molar-refractivity contribution in [1.29, 1.82) is 0 Å². The Morgan fingerprint density at radius 2 is 1.41 bits per heavy atom. The van der Waals surface area contributed by atoms with E-state index in [9.17, 15) is 8.78 Å². The fraction of sp³-hybridized carbons (Fsp3) is 0.296. The molecule has 0 aliphatic carbocycles. The molecule has 1 fully saturated rings. The van der Waals surface area contributed by atoms with Gasteiger partial charge in [0, 0.05) is 32.7 Å². The van der Waals surface area contributed by atoms with Crippen LogP contribution in [0.1, 0.15) is 11.1 Å². The Kier molecular flexibility index (Phi) is 6.83. The van der Waals surface area contributed by atoms with Crippen LogP contribution in [0, 0.1) is 11.6 Å². The molecule has 176 valence electrons. The number of aromatic nitrogens is 2. The summed E-state index contributed by atoms with van der Waals surface area (Å²) in [6, 6.07) is 21.3. The third kappa shape index (κ3) is 5.26. The molecule has 1 aliphatic rings. The van der Waals surface area contributed by atoms with Crippen LogP contribution in [-0.2, 0) is 17.9 Å². The lowest BCUT2D eigenvalue weighted by atomic mass is 10.2. The van der Waals surface area contributed by atoms with Crippen molar-refractivity contribution in [2.75, 3.05) is 44.2 Å². The lowest BCUT2D eigenvalue weighted by molar-refractivity contribution is 0.0905. The number of rotatable bonds is 8.